The molecule has 0 aliphatic heterocycles. The molecule has 0 aliphatic rings. The second kappa shape index (κ2) is 3.39. The summed E-state index contributed by atoms with van der Waals surface area (Å²) in [5, 5.41) is 10.0. The lowest BCUT2D eigenvalue weighted by Crippen LogP contribution is -2.16. The third kappa shape index (κ3) is 1.84. The Morgan fingerprint density at radius 1 is 1.40 bits per heavy atom. The molecule has 0 saturated carbocycles. The fourth-order valence-electron chi connectivity index (χ4n) is 1.14. The van der Waals surface area contributed by atoms with Crippen LogP contribution < -0.4 is 4.72 Å². The maximum absolute atomic E-state index is 11.8. The average molecular weight is 227 g/mol. The molecule has 2 aromatic rings. The molecular weight excluding hydrogens is 218 g/mol. The van der Waals surface area contributed by atoms with Gasteiger partial charge in [0.1, 0.15) is 5.82 Å². The Morgan fingerprint density at radius 2 is 2.20 bits per heavy atom. The molecule has 2 rings (SSSR count). The van der Waals surface area contributed by atoms with Crippen molar-refractivity contribution in [3.8, 4) is 0 Å². The molecule has 0 saturated heterocycles. The number of anilines is 1. The van der Waals surface area contributed by atoms with Crippen LogP contribution in [0.3, 0.4) is 0 Å². The van der Waals surface area contributed by atoms with E-state index in [-0.39, 0.29) is 5.03 Å². The number of aromatic nitrogens is 4. The van der Waals surface area contributed by atoms with Crippen molar-refractivity contribution in [2.45, 2.75) is 5.03 Å². The molecule has 0 spiro atoms. The van der Waals surface area contributed by atoms with Crippen molar-refractivity contribution in [3.63, 3.8) is 0 Å². The Morgan fingerprint density at radius 3 is 2.73 bits per heavy atom. The van der Waals surface area contributed by atoms with Crippen LogP contribution in [0.1, 0.15) is 0 Å². The summed E-state index contributed by atoms with van der Waals surface area (Å²) in [7, 11) is -2.03. The van der Waals surface area contributed by atoms with E-state index < -0.39 is 10.0 Å². The van der Waals surface area contributed by atoms with Crippen LogP contribution in [0, 0.1) is 0 Å². The minimum Gasteiger partial charge on any atom is -0.262 e. The van der Waals surface area contributed by atoms with Gasteiger partial charge in [-0.1, -0.05) is 0 Å². The molecule has 0 unspecified atom stereocenters. The van der Waals surface area contributed by atoms with Gasteiger partial charge in [-0.05, 0) is 6.07 Å². The summed E-state index contributed by atoms with van der Waals surface area (Å²) in [4.78, 5) is 0. The molecule has 2 heterocycles. The molecule has 0 fully saturated rings. The number of hydrogen-bond donors (Lipinski definition) is 2. The standard InChI is InChI=1S/C7H9N5O2S/c1-12-7(3-5-9-12)15(13,14)11-6-2-4-8-10-6/h2-5H,1H3,(H2,8,10,11). The highest BCUT2D eigenvalue weighted by Gasteiger charge is 2.18. The van der Waals surface area contributed by atoms with E-state index in [4.69, 9.17) is 0 Å². The van der Waals surface area contributed by atoms with Gasteiger partial charge in [0.05, 0.1) is 12.4 Å². The van der Waals surface area contributed by atoms with Gasteiger partial charge in [0.15, 0.2) is 5.03 Å². The van der Waals surface area contributed by atoms with Crippen molar-refractivity contribution < 1.29 is 8.42 Å². The van der Waals surface area contributed by atoms with Crippen molar-refractivity contribution in [3.05, 3.63) is 24.5 Å². The first-order chi connectivity index (χ1) is 7.09. The lowest BCUT2D eigenvalue weighted by Gasteiger charge is -2.04. The number of nitrogens with one attached hydrogen (secondary N) is 2. The Hall–Kier alpha value is -1.83. The SMILES string of the molecule is Cn1nccc1S(=O)(=O)Nc1ccn[nH]1. The Kier molecular flexibility index (Phi) is 2.19. The third-order valence-electron chi connectivity index (χ3n) is 1.80. The molecule has 80 valence electrons. The molecule has 0 aliphatic carbocycles. The van der Waals surface area contributed by atoms with Crippen molar-refractivity contribution in [2.75, 3.05) is 4.72 Å². The summed E-state index contributed by atoms with van der Waals surface area (Å²) in [6, 6.07) is 2.94. The first-order valence-corrected chi connectivity index (χ1v) is 5.58. The van der Waals surface area contributed by atoms with Crippen LogP contribution in [-0.4, -0.2) is 28.4 Å². The van der Waals surface area contributed by atoms with E-state index in [1.165, 1.54) is 29.2 Å². The lowest BCUT2D eigenvalue weighted by atomic mass is 10.7. The topological polar surface area (TPSA) is 92.7 Å². The van der Waals surface area contributed by atoms with Crippen LogP contribution in [0.4, 0.5) is 5.82 Å². The quantitative estimate of drug-likeness (QED) is 0.768. The van der Waals surface area contributed by atoms with E-state index in [0.717, 1.165) is 0 Å². The number of rotatable bonds is 3. The first-order valence-electron chi connectivity index (χ1n) is 4.10. The van der Waals surface area contributed by atoms with Crippen LogP contribution in [0.2, 0.25) is 0 Å². The predicted molar refractivity (Wildman–Crippen MR) is 52.6 cm³/mol. The van der Waals surface area contributed by atoms with E-state index in [2.05, 4.69) is 20.0 Å². The molecule has 8 heteroatoms. The van der Waals surface area contributed by atoms with Gasteiger partial charge >= 0.3 is 0 Å². The fraction of sp³-hybridized carbons (Fsp3) is 0.143. The fourth-order valence-corrected chi connectivity index (χ4v) is 2.28. The molecule has 0 aromatic carbocycles. The van der Waals surface area contributed by atoms with Gasteiger partial charge in [0, 0.05) is 13.1 Å². The van der Waals surface area contributed by atoms with Crippen LogP contribution >= 0.6 is 0 Å². The average Bonchev–Trinajstić information content (AvgIpc) is 2.75. The van der Waals surface area contributed by atoms with E-state index in [1.807, 2.05) is 0 Å². The Bertz CT molecular complexity index is 542. The normalized spacial score (nSPS) is 11.5. The molecule has 0 radical (unpaired) electrons. The summed E-state index contributed by atoms with van der Waals surface area (Å²) in [5.41, 5.74) is 0. The number of hydrogen-bond acceptors (Lipinski definition) is 4. The van der Waals surface area contributed by atoms with Gasteiger partial charge in [-0.25, -0.2) is 0 Å². The van der Waals surface area contributed by atoms with Gasteiger partial charge in [-0.15, -0.1) is 0 Å². The van der Waals surface area contributed by atoms with E-state index in [9.17, 15) is 8.42 Å². The second-order valence-corrected chi connectivity index (χ2v) is 4.50. The minimum atomic E-state index is -3.59. The zero-order chi connectivity index (χ0) is 10.9. The highest BCUT2D eigenvalue weighted by atomic mass is 32.2. The first kappa shape index (κ1) is 9.71. The molecule has 0 atom stereocenters. The highest BCUT2D eigenvalue weighted by molar-refractivity contribution is 7.92. The summed E-state index contributed by atoms with van der Waals surface area (Å²) < 4.78 is 27.1. The van der Waals surface area contributed by atoms with Crippen molar-refractivity contribution in [1.82, 2.24) is 20.0 Å². The maximum Gasteiger partial charge on any atom is 0.280 e. The summed E-state index contributed by atoms with van der Waals surface area (Å²) in [6.45, 7) is 0. The van der Waals surface area contributed by atoms with E-state index >= 15 is 0 Å². The van der Waals surface area contributed by atoms with Crippen LogP contribution in [0.5, 0.6) is 0 Å². The molecule has 0 bridgehead atoms. The zero-order valence-electron chi connectivity index (χ0n) is 7.88. The molecule has 7 nitrogen and oxygen atoms in total. The van der Waals surface area contributed by atoms with Crippen LogP contribution in [0.15, 0.2) is 29.6 Å². The van der Waals surface area contributed by atoms with Gasteiger partial charge in [-0.2, -0.15) is 18.6 Å². The van der Waals surface area contributed by atoms with Crippen LogP contribution in [0.25, 0.3) is 0 Å². The molecular formula is C7H9N5O2S. The Balaban J connectivity index is 2.33. The molecule has 2 N–H and O–H groups in total. The third-order valence-corrected chi connectivity index (χ3v) is 3.24. The largest absolute Gasteiger partial charge is 0.280 e. The minimum absolute atomic E-state index is 0.0945. The van der Waals surface area contributed by atoms with Crippen molar-refractivity contribution in [1.29, 1.82) is 0 Å². The lowest BCUT2D eigenvalue weighted by molar-refractivity contribution is 0.582. The van der Waals surface area contributed by atoms with E-state index in [1.54, 1.807) is 7.05 Å². The zero-order valence-corrected chi connectivity index (χ0v) is 8.69. The number of sulfonamides is 1. The van der Waals surface area contributed by atoms with Gasteiger partial charge in [0.25, 0.3) is 10.0 Å². The van der Waals surface area contributed by atoms with Crippen LogP contribution in [-0.2, 0) is 17.1 Å². The predicted octanol–water partition coefficient (Wildman–Crippen LogP) is -0.0560. The molecule has 0 amide bonds. The monoisotopic (exact) mass is 227 g/mol. The smallest absolute Gasteiger partial charge is 0.262 e. The van der Waals surface area contributed by atoms with Gasteiger partial charge in [0.2, 0.25) is 0 Å². The number of aromatic amines is 1. The van der Waals surface area contributed by atoms with Crippen molar-refractivity contribution in [2.24, 2.45) is 7.05 Å². The van der Waals surface area contributed by atoms with Gasteiger partial charge in [-0.3, -0.25) is 14.5 Å². The number of aryl methyl sites for hydroxylation is 1. The Labute approximate surface area is 86.2 Å². The highest BCUT2D eigenvalue weighted by Crippen LogP contribution is 2.11. The van der Waals surface area contributed by atoms with Gasteiger partial charge < -0.3 is 0 Å². The van der Waals surface area contributed by atoms with Crippen molar-refractivity contribution >= 4 is 15.8 Å². The van der Waals surface area contributed by atoms with E-state index in [0.29, 0.717) is 5.82 Å². The number of H-pyrrole nitrogens is 1. The summed E-state index contributed by atoms with van der Waals surface area (Å²) in [5.74, 6) is 0.316. The maximum atomic E-state index is 11.8. The molecule has 15 heavy (non-hydrogen) atoms. The molecule has 2 aromatic heterocycles. The number of nitrogens with zero attached hydrogens (tertiary/aromatic N) is 3. The summed E-state index contributed by atoms with van der Waals surface area (Å²) >= 11 is 0. The second-order valence-electron chi connectivity index (χ2n) is 2.87. The summed E-state index contributed by atoms with van der Waals surface area (Å²) in [6.07, 6.45) is 2.88.